The van der Waals surface area contributed by atoms with Gasteiger partial charge in [-0.2, -0.15) is 0 Å². The zero-order chi connectivity index (χ0) is 19.0. The summed E-state index contributed by atoms with van der Waals surface area (Å²) in [6.07, 6.45) is 3.54. The van der Waals surface area contributed by atoms with Gasteiger partial charge in [-0.1, -0.05) is 38.1 Å². The van der Waals surface area contributed by atoms with Gasteiger partial charge < -0.3 is 9.47 Å². The summed E-state index contributed by atoms with van der Waals surface area (Å²) in [5.41, 5.74) is 5.83. The summed E-state index contributed by atoms with van der Waals surface area (Å²) in [4.78, 5) is 2.68. The van der Waals surface area contributed by atoms with Gasteiger partial charge in [0.25, 0.3) is 0 Å². The van der Waals surface area contributed by atoms with E-state index in [-0.39, 0.29) is 0 Å². The van der Waals surface area contributed by atoms with Crippen molar-refractivity contribution in [1.82, 2.24) is 4.90 Å². The summed E-state index contributed by atoms with van der Waals surface area (Å²) in [6, 6.07) is 14.2. The Morgan fingerprint density at radius 1 is 1.00 bits per heavy atom. The van der Waals surface area contributed by atoms with Gasteiger partial charge in [0.1, 0.15) is 0 Å². The number of methoxy groups -OCH3 is 2. The number of rotatable bonds is 4. The molecule has 144 valence electrons. The van der Waals surface area contributed by atoms with Gasteiger partial charge in [0, 0.05) is 19.1 Å². The number of nitrogens with zero attached hydrogens (tertiary/aromatic N) is 1. The Bertz CT molecular complexity index is 814. The van der Waals surface area contributed by atoms with Crippen molar-refractivity contribution in [2.75, 3.05) is 27.3 Å². The second kappa shape index (κ2) is 7.55. The molecule has 0 saturated carbocycles. The second-order valence-corrected chi connectivity index (χ2v) is 8.27. The van der Waals surface area contributed by atoms with Crippen LogP contribution in [0, 0.1) is 0 Å². The Hall–Kier alpha value is -2.00. The summed E-state index contributed by atoms with van der Waals surface area (Å²) in [7, 11) is 3.44. The van der Waals surface area contributed by atoms with Crippen LogP contribution in [-0.2, 0) is 6.42 Å². The fourth-order valence-electron chi connectivity index (χ4n) is 4.81. The number of ether oxygens (including phenoxy) is 2. The molecule has 2 heterocycles. The van der Waals surface area contributed by atoms with E-state index in [4.69, 9.17) is 9.47 Å². The minimum absolute atomic E-state index is 0.512. The SMILES string of the molecule is COc1cc2c(cc1OC)C1CCC(c3cccc(C(C)C)c3)CN1CC2. The van der Waals surface area contributed by atoms with E-state index in [1.165, 1.54) is 35.1 Å². The Balaban J connectivity index is 1.57. The number of hydrogen-bond donors (Lipinski definition) is 0. The van der Waals surface area contributed by atoms with Crippen LogP contribution in [0.3, 0.4) is 0 Å². The molecule has 27 heavy (non-hydrogen) atoms. The highest BCUT2D eigenvalue weighted by Crippen LogP contribution is 2.44. The summed E-state index contributed by atoms with van der Waals surface area (Å²) in [5.74, 6) is 2.93. The molecule has 1 saturated heterocycles. The van der Waals surface area contributed by atoms with E-state index in [1.54, 1.807) is 14.2 Å². The lowest BCUT2D eigenvalue weighted by molar-refractivity contribution is 0.123. The van der Waals surface area contributed by atoms with E-state index >= 15 is 0 Å². The lowest BCUT2D eigenvalue weighted by Gasteiger charge is -2.44. The lowest BCUT2D eigenvalue weighted by Crippen LogP contribution is -2.41. The van der Waals surface area contributed by atoms with Crippen molar-refractivity contribution in [3.8, 4) is 11.5 Å². The maximum absolute atomic E-state index is 5.56. The standard InChI is InChI=1S/C24H31NO2/c1-16(2)17-6-5-7-18(12-17)20-8-9-22-21-14-24(27-4)23(26-3)13-19(21)10-11-25(22)15-20/h5-7,12-14,16,20,22H,8-11,15H2,1-4H3. The highest BCUT2D eigenvalue weighted by molar-refractivity contribution is 5.49. The van der Waals surface area contributed by atoms with Crippen LogP contribution in [0.25, 0.3) is 0 Å². The average molecular weight is 366 g/mol. The first-order valence-electron chi connectivity index (χ1n) is 10.2. The van der Waals surface area contributed by atoms with E-state index in [0.717, 1.165) is 31.0 Å². The third kappa shape index (κ3) is 3.45. The quantitative estimate of drug-likeness (QED) is 0.733. The van der Waals surface area contributed by atoms with Crippen LogP contribution in [0.5, 0.6) is 11.5 Å². The summed E-state index contributed by atoms with van der Waals surface area (Å²) >= 11 is 0. The topological polar surface area (TPSA) is 21.7 Å². The molecule has 2 unspecified atom stereocenters. The van der Waals surface area contributed by atoms with E-state index in [1.807, 2.05) is 0 Å². The molecule has 2 aliphatic rings. The van der Waals surface area contributed by atoms with E-state index < -0.39 is 0 Å². The minimum Gasteiger partial charge on any atom is -0.493 e. The smallest absolute Gasteiger partial charge is 0.161 e. The zero-order valence-corrected chi connectivity index (χ0v) is 17.0. The molecular formula is C24H31NO2. The van der Waals surface area contributed by atoms with Crippen LogP contribution in [0.2, 0.25) is 0 Å². The van der Waals surface area contributed by atoms with E-state index in [0.29, 0.717) is 17.9 Å². The Morgan fingerprint density at radius 2 is 1.78 bits per heavy atom. The molecule has 0 N–H and O–H groups in total. The molecule has 4 rings (SSSR count). The summed E-state index contributed by atoms with van der Waals surface area (Å²) in [5, 5.41) is 0. The second-order valence-electron chi connectivity index (χ2n) is 8.27. The third-order valence-corrected chi connectivity index (χ3v) is 6.41. The van der Waals surface area contributed by atoms with Crippen molar-refractivity contribution in [2.24, 2.45) is 0 Å². The largest absolute Gasteiger partial charge is 0.493 e. The fourth-order valence-corrected chi connectivity index (χ4v) is 4.81. The predicted molar refractivity (Wildman–Crippen MR) is 110 cm³/mol. The lowest BCUT2D eigenvalue weighted by atomic mass is 9.80. The van der Waals surface area contributed by atoms with Crippen molar-refractivity contribution in [2.45, 2.75) is 51.0 Å². The Morgan fingerprint density at radius 3 is 2.52 bits per heavy atom. The molecule has 0 spiro atoms. The van der Waals surface area contributed by atoms with Gasteiger partial charge in [-0.05, 0) is 65.5 Å². The summed E-state index contributed by atoms with van der Waals surface area (Å²) in [6.45, 7) is 6.84. The molecule has 2 atom stereocenters. The highest BCUT2D eigenvalue weighted by Gasteiger charge is 2.34. The van der Waals surface area contributed by atoms with Gasteiger partial charge >= 0.3 is 0 Å². The molecule has 2 aromatic rings. The average Bonchev–Trinajstić information content (AvgIpc) is 2.72. The van der Waals surface area contributed by atoms with Gasteiger partial charge in [0.2, 0.25) is 0 Å². The molecular weight excluding hydrogens is 334 g/mol. The third-order valence-electron chi connectivity index (χ3n) is 6.41. The first-order valence-corrected chi connectivity index (χ1v) is 10.2. The predicted octanol–water partition coefficient (Wildman–Crippen LogP) is 5.30. The number of benzene rings is 2. The van der Waals surface area contributed by atoms with Gasteiger partial charge in [-0.3, -0.25) is 4.90 Å². The van der Waals surface area contributed by atoms with E-state index in [2.05, 4.69) is 55.1 Å². The van der Waals surface area contributed by atoms with E-state index in [9.17, 15) is 0 Å². The van der Waals surface area contributed by atoms with Gasteiger partial charge in [-0.15, -0.1) is 0 Å². The van der Waals surface area contributed by atoms with Crippen LogP contribution in [0.1, 0.15) is 66.8 Å². The van der Waals surface area contributed by atoms with Crippen LogP contribution in [0.15, 0.2) is 36.4 Å². The maximum Gasteiger partial charge on any atom is 0.161 e. The van der Waals surface area contributed by atoms with Crippen molar-refractivity contribution >= 4 is 0 Å². The van der Waals surface area contributed by atoms with Crippen LogP contribution >= 0.6 is 0 Å². The molecule has 0 amide bonds. The van der Waals surface area contributed by atoms with Gasteiger partial charge in [0.05, 0.1) is 14.2 Å². The first-order chi connectivity index (χ1) is 13.1. The van der Waals surface area contributed by atoms with Crippen LogP contribution in [-0.4, -0.2) is 32.2 Å². The van der Waals surface area contributed by atoms with Crippen LogP contribution in [0.4, 0.5) is 0 Å². The molecule has 0 aliphatic carbocycles. The molecule has 0 bridgehead atoms. The number of hydrogen-bond acceptors (Lipinski definition) is 3. The van der Waals surface area contributed by atoms with Gasteiger partial charge in [0.15, 0.2) is 11.5 Å². The molecule has 3 nitrogen and oxygen atoms in total. The highest BCUT2D eigenvalue weighted by atomic mass is 16.5. The monoisotopic (exact) mass is 365 g/mol. The van der Waals surface area contributed by atoms with Crippen LogP contribution < -0.4 is 9.47 Å². The fraction of sp³-hybridized carbons (Fsp3) is 0.500. The summed E-state index contributed by atoms with van der Waals surface area (Å²) < 4.78 is 11.1. The normalized spacial score (nSPS) is 22.3. The van der Waals surface area contributed by atoms with Crippen molar-refractivity contribution < 1.29 is 9.47 Å². The first kappa shape index (κ1) is 18.4. The van der Waals surface area contributed by atoms with Crippen molar-refractivity contribution in [3.63, 3.8) is 0 Å². The molecule has 3 heteroatoms. The zero-order valence-electron chi connectivity index (χ0n) is 17.0. The Kier molecular flexibility index (Phi) is 5.14. The van der Waals surface area contributed by atoms with Crippen molar-refractivity contribution in [3.05, 3.63) is 58.7 Å². The van der Waals surface area contributed by atoms with Crippen molar-refractivity contribution in [1.29, 1.82) is 0 Å². The number of fused-ring (bicyclic) bond motifs is 3. The minimum atomic E-state index is 0.512. The molecule has 1 fully saturated rings. The maximum atomic E-state index is 5.56. The Labute approximate surface area is 163 Å². The number of piperidine rings is 1. The molecule has 2 aliphatic heterocycles. The van der Waals surface area contributed by atoms with Gasteiger partial charge in [-0.25, -0.2) is 0 Å². The molecule has 0 aromatic heterocycles. The molecule has 0 radical (unpaired) electrons. The molecule has 2 aromatic carbocycles.